The second-order valence-corrected chi connectivity index (χ2v) is 11.9. The Bertz CT molecular complexity index is 1360. The summed E-state index contributed by atoms with van der Waals surface area (Å²) in [5, 5.41) is 0. The molecule has 1 amide bonds. The van der Waals surface area contributed by atoms with Crippen LogP contribution < -0.4 is 0 Å². The summed E-state index contributed by atoms with van der Waals surface area (Å²) in [6.07, 6.45) is 2.12. The standard InChI is InChI=1S/C28H28F3NO3S/c1-19(20-3-5-21(6-4-20)25-12-11-24(30)17-26(25)31)32-15-13-28(18-27(32)33,14-16-36(2,34)35)22-7-9-23(29)10-8-22/h3-12,17,19H,13-16,18H2,1-2H3/t19-,28?/m0/s1. The minimum Gasteiger partial charge on any atom is -0.336 e. The Labute approximate surface area is 209 Å². The molecule has 1 aliphatic heterocycles. The summed E-state index contributed by atoms with van der Waals surface area (Å²) in [4.78, 5) is 15.1. The molecular formula is C28H28F3NO3S. The molecule has 4 nitrogen and oxygen atoms in total. The lowest BCUT2D eigenvalue weighted by atomic mass is 9.70. The molecule has 0 aliphatic carbocycles. The highest BCUT2D eigenvalue weighted by Gasteiger charge is 2.42. The van der Waals surface area contributed by atoms with Crippen LogP contribution in [0.2, 0.25) is 0 Å². The number of hydrogen-bond donors (Lipinski definition) is 0. The molecule has 1 heterocycles. The van der Waals surface area contributed by atoms with E-state index in [1.165, 1.54) is 30.5 Å². The summed E-state index contributed by atoms with van der Waals surface area (Å²) in [7, 11) is -3.25. The SMILES string of the molecule is C[C@@H](c1ccc(-c2ccc(F)cc2F)cc1)N1CCC(CCS(C)(=O)=O)(c2ccc(F)cc2)CC1=O. The number of amides is 1. The molecule has 0 N–H and O–H groups in total. The molecule has 3 aromatic rings. The van der Waals surface area contributed by atoms with Crippen LogP contribution in [0.1, 0.15) is 43.4 Å². The Morgan fingerprint density at radius 3 is 2.17 bits per heavy atom. The van der Waals surface area contributed by atoms with Gasteiger partial charge in [0.15, 0.2) is 0 Å². The quantitative estimate of drug-likeness (QED) is 0.398. The van der Waals surface area contributed by atoms with Crippen molar-refractivity contribution in [2.24, 2.45) is 0 Å². The summed E-state index contributed by atoms with van der Waals surface area (Å²) >= 11 is 0. The minimum absolute atomic E-state index is 0.0609. The number of piperidine rings is 1. The van der Waals surface area contributed by atoms with Crippen molar-refractivity contribution >= 4 is 15.7 Å². The molecule has 8 heteroatoms. The van der Waals surface area contributed by atoms with Crippen molar-refractivity contribution in [1.29, 1.82) is 0 Å². The highest BCUT2D eigenvalue weighted by Crippen LogP contribution is 2.42. The van der Waals surface area contributed by atoms with Crippen molar-refractivity contribution in [1.82, 2.24) is 4.90 Å². The maximum Gasteiger partial charge on any atom is 0.223 e. The number of carbonyl (C=O) groups excluding carboxylic acids is 1. The van der Waals surface area contributed by atoms with E-state index in [-0.39, 0.29) is 30.5 Å². The average molecular weight is 516 g/mol. The molecule has 1 saturated heterocycles. The Balaban J connectivity index is 1.54. The molecule has 0 bridgehead atoms. The topological polar surface area (TPSA) is 54.5 Å². The Hall–Kier alpha value is -3.13. The van der Waals surface area contributed by atoms with Gasteiger partial charge in [-0.3, -0.25) is 4.79 Å². The second kappa shape index (κ2) is 10.1. The number of benzene rings is 3. The maximum atomic E-state index is 14.2. The number of carbonyl (C=O) groups is 1. The molecular weight excluding hydrogens is 487 g/mol. The Morgan fingerprint density at radius 2 is 1.58 bits per heavy atom. The first-order valence-corrected chi connectivity index (χ1v) is 13.8. The predicted octanol–water partition coefficient (Wildman–Crippen LogP) is 5.83. The zero-order valence-corrected chi connectivity index (χ0v) is 21.0. The Kier molecular flexibility index (Phi) is 7.27. The van der Waals surface area contributed by atoms with Gasteiger partial charge in [0.05, 0.1) is 11.8 Å². The summed E-state index contributed by atoms with van der Waals surface area (Å²) in [6.45, 7) is 2.32. The first kappa shape index (κ1) is 25.9. The highest BCUT2D eigenvalue weighted by atomic mass is 32.2. The van der Waals surface area contributed by atoms with Gasteiger partial charge in [-0.05, 0) is 60.7 Å². The van der Waals surface area contributed by atoms with E-state index in [0.29, 0.717) is 24.1 Å². The number of sulfone groups is 1. The van der Waals surface area contributed by atoms with Gasteiger partial charge in [0, 0.05) is 36.3 Å². The number of rotatable bonds is 7. The molecule has 1 aliphatic rings. The molecule has 190 valence electrons. The first-order valence-electron chi connectivity index (χ1n) is 11.8. The smallest absolute Gasteiger partial charge is 0.223 e. The Morgan fingerprint density at radius 1 is 0.944 bits per heavy atom. The molecule has 0 saturated carbocycles. The summed E-state index contributed by atoms with van der Waals surface area (Å²) in [5.74, 6) is -1.85. The maximum absolute atomic E-state index is 14.2. The number of hydrogen-bond acceptors (Lipinski definition) is 3. The van der Waals surface area contributed by atoms with E-state index in [1.807, 2.05) is 19.1 Å². The number of halogens is 3. The molecule has 3 aromatic carbocycles. The van der Waals surface area contributed by atoms with E-state index in [0.717, 1.165) is 17.2 Å². The molecule has 36 heavy (non-hydrogen) atoms. The van der Waals surface area contributed by atoms with Gasteiger partial charge in [-0.25, -0.2) is 21.6 Å². The van der Waals surface area contributed by atoms with Gasteiger partial charge in [-0.1, -0.05) is 36.4 Å². The van der Waals surface area contributed by atoms with E-state index < -0.39 is 32.7 Å². The summed E-state index contributed by atoms with van der Waals surface area (Å²) < 4.78 is 64.8. The third-order valence-corrected chi connectivity index (χ3v) is 8.10. The second-order valence-electron chi connectivity index (χ2n) is 9.60. The van der Waals surface area contributed by atoms with Gasteiger partial charge in [0.2, 0.25) is 5.91 Å². The van der Waals surface area contributed by atoms with Gasteiger partial charge in [0.25, 0.3) is 0 Å². The lowest BCUT2D eigenvalue weighted by Crippen LogP contribution is -2.47. The van der Waals surface area contributed by atoms with E-state index in [2.05, 4.69) is 0 Å². The van der Waals surface area contributed by atoms with Crippen molar-refractivity contribution in [3.63, 3.8) is 0 Å². The van der Waals surface area contributed by atoms with E-state index in [1.54, 1.807) is 29.2 Å². The summed E-state index contributed by atoms with van der Waals surface area (Å²) in [5.41, 5.74) is 1.83. The fourth-order valence-electron chi connectivity index (χ4n) is 4.98. The zero-order chi connectivity index (χ0) is 26.1. The van der Waals surface area contributed by atoms with Gasteiger partial charge in [-0.15, -0.1) is 0 Å². The molecule has 2 atom stereocenters. The van der Waals surface area contributed by atoms with Crippen LogP contribution in [0.15, 0.2) is 66.7 Å². The molecule has 1 fully saturated rings. The molecule has 0 spiro atoms. The van der Waals surface area contributed by atoms with Crippen LogP contribution in [0.3, 0.4) is 0 Å². The van der Waals surface area contributed by atoms with Crippen LogP contribution in [0.4, 0.5) is 13.2 Å². The monoisotopic (exact) mass is 515 g/mol. The number of nitrogens with zero attached hydrogens (tertiary/aromatic N) is 1. The van der Waals surface area contributed by atoms with Crippen LogP contribution in [-0.2, 0) is 20.0 Å². The van der Waals surface area contributed by atoms with Crippen LogP contribution in [0.25, 0.3) is 11.1 Å². The lowest BCUT2D eigenvalue weighted by Gasteiger charge is -2.44. The molecule has 0 radical (unpaired) electrons. The van der Waals surface area contributed by atoms with Crippen molar-refractivity contribution in [3.8, 4) is 11.1 Å². The fraction of sp³-hybridized carbons (Fsp3) is 0.321. The third-order valence-electron chi connectivity index (χ3n) is 7.15. The largest absolute Gasteiger partial charge is 0.336 e. The molecule has 4 rings (SSSR count). The fourth-order valence-corrected chi connectivity index (χ4v) is 5.74. The van der Waals surface area contributed by atoms with E-state index >= 15 is 0 Å². The van der Waals surface area contributed by atoms with Gasteiger partial charge < -0.3 is 4.90 Å². The summed E-state index contributed by atoms with van der Waals surface area (Å²) in [6, 6.07) is 16.3. The van der Waals surface area contributed by atoms with Crippen LogP contribution >= 0.6 is 0 Å². The zero-order valence-electron chi connectivity index (χ0n) is 20.2. The lowest BCUT2D eigenvalue weighted by molar-refractivity contribution is -0.138. The normalized spacial score (nSPS) is 19.4. The van der Waals surface area contributed by atoms with Crippen molar-refractivity contribution in [2.75, 3.05) is 18.6 Å². The molecule has 0 aromatic heterocycles. The van der Waals surface area contributed by atoms with E-state index in [9.17, 15) is 26.4 Å². The first-order chi connectivity index (χ1) is 17.0. The van der Waals surface area contributed by atoms with Crippen molar-refractivity contribution < 1.29 is 26.4 Å². The van der Waals surface area contributed by atoms with Crippen molar-refractivity contribution in [3.05, 3.63) is 95.3 Å². The van der Waals surface area contributed by atoms with Crippen LogP contribution in [-0.4, -0.2) is 37.8 Å². The van der Waals surface area contributed by atoms with E-state index in [4.69, 9.17) is 0 Å². The molecule has 1 unspecified atom stereocenters. The van der Waals surface area contributed by atoms with Crippen molar-refractivity contribution in [2.45, 2.75) is 37.6 Å². The average Bonchev–Trinajstić information content (AvgIpc) is 2.83. The van der Waals surface area contributed by atoms with Crippen LogP contribution in [0, 0.1) is 17.5 Å². The number of likely N-dealkylation sites (tertiary alicyclic amines) is 1. The van der Waals surface area contributed by atoms with Gasteiger partial charge in [0.1, 0.15) is 27.3 Å². The van der Waals surface area contributed by atoms with Crippen LogP contribution in [0.5, 0.6) is 0 Å². The van der Waals surface area contributed by atoms with Gasteiger partial charge >= 0.3 is 0 Å². The highest BCUT2D eigenvalue weighted by molar-refractivity contribution is 7.90. The third kappa shape index (κ3) is 5.64. The van der Waals surface area contributed by atoms with Gasteiger partial charge in [-0.2, -0.15) is 0 Å². The minimum atomic E-state index is -3.25. The predicted molar refractivity (Wildman–Crippen MR) is 134 cm³/mol.